The zero-order chi connectivity index (χ0) is 17.9. The number of carbonyl (C=O) groups excluding carboxylic acids is 1. The maximum Gasteiger partial charge on any atom is 0.338 e. The average Bonchev–Trinajstić information content (AvgIpc) is 2.95. The minimum absolute atomic E-state index is 0.0444. The van der Waals surface area contributed by atoms with Crippen LogP contribution in [0.1, 0.15) is 36.7 Å². The second-order valence-corrected chi connectivity index (χ2v) is 6.95. The Hall–Kier alpha value is -2.41. The highest BCUT2D eigenvalue weighted by Gasteiger charge is 2.22. The van der Waals surface area contributed by atoms with Crippen LogP contribution < -0.4 is 10.1 Å². The van der Waals surface area contributed by atoms with Gasteiger partial charge in [-0.2, -0.15) is 4.39 Å². The van der Waals surface area contributed by atoms with E-state index in [1.54, 1.807) is 24.3 Å². The van der Waals surface area contributed by atoms with Crippen molar-refractivity contribution in [1.29, 1.82) is 0 Å². The number of amides is 1. The molecule has 2 N–H and O–H groups in total. The van der Waals surface area contributed by atoms with Crippen LogP contribution in [0.15, 0.2) is 35.0 Å². The molecule has 0 bridgehead atoms. The molecule has 24 heavy (non-hydrogen) atoms. The predicted molar refractivity (Wildman–Crippen MR) is 90.6 cm³/mol. The van der Waals surface area contributed by atoms with Gasteiger partial charge < -0.3 is 15.2 Å². The van der Waals surface area contributed by atoms with Crippen molar-refractivity contribution in [2.75, 3.05) is 5.32 Å². The Morgan fingerprint density at radius 1 is 1.21 bits per heavy atom. The normalized spacial score (nSPS) is 12.5. The third kappa shape index (κ3) is 4.32. The maximum absolute atomic E-state index is 14.0. The van der Waals surface area contributed by atoms with E-state index in [9.17, 15) is 14.0 Å². The van der Waals surface area contributed by atoms with Crippen molar-refractivity contribution in [3.05, 3.63) is 46.2 Å². The van der Waals surface area contributed by atoms with Crippen molar-refractivity contribution < 1.29 is 23.8 Å². The van der Waals surface area contributed by atoms with E-state index in [4.69, 9.17) is 9.84 Å². The molecule has 7 heteroatoms. The molecular formula is C17H18FNO4S. The van der Waals surface area contributed by atoms with Crippen molar-refractivity contribution >= 4 is 28.9 Å². The number of alkyl halides is 1. The molecule has 0 radical (unpaired) electrons. The Kier molecular flexibility index (Phi) is 5.23. The summed E-state index contributed by atoms with van der Waals surface area (Å²) < 4.78 is 18.9. The molecule has 0 fully saturated rings. The van der Waals surface area contributed by atoms with E-state index >= 15 is 0 Å². The quantitative estimate of drug-likeness (QED) is 0.852. The number of halogens is 1. The fraction of sp³-hybridized carbons (Fsp3) is 0.294. The van der Waals surface area contributed by atoms with Crippen LogP contribution in [0.25, 0.3) is 0 Å². The summed E-state index contributed by atoms with van der Waals surface area (Å²) in [6.45, 7) is 6.15. The molecule has 1 amide bonds. The number of thiophene rings is 1. The Morgan fingerprint density at radius 2 is 1.83 bits per heavy atom. The van der Waals surface area contributed by atoms with Gasteiger partial charge in [0.05, 0.1) is 11.3 Å². The second kappa shape index (κ2) is 7.00. The Labute approximate surface area is 143 Å². The topological polar surface area (TPSA) is 75.6 Å². The van der Waals surface area contributed by atoms with Gasteiger partial charge >= 0.3 is 12.3 Å². The molecule has 2 rings (SSSR count). The van der Waals surface area contributed by atoms with Crippen LogP contribution in [0, 0.1) is 0 Å². The molecule has 0 aliphatic rings. The van der Waals surface area contributed by atoms with Gasteiger partial charge in [-0.15, -0.1) is 11.3 Å². The maximum atomic E-state index is 14.0. The van der Waals surface area contributed by atoms with Crippen molar-refractivity contribution in [3.63, 3.8) is 0 Å². The summed E-state index contributed by atoms with van der Waals surface area (Å²) in [5.41, 5.74) is 0.970. The number of hydrogen-bond acceptors (Lipinski definition) is 4. The molecule has 0 aliphatic carbocycles. The summed E-state index contributed by atoms with van der Waals surface area (Å²) in [6, 6.07) is 6.80. The number of carboxylic acids is 1. The summed E-state index contributed by atoms with van der Waals surface area (Å²) in [4.78, 5) is 22.8. The largest absolute Gasteiger partial charge is 0.478 e. The van der Waals surface area contributed by atoms with Crippen LogP contribution in [-0.2, 0) is 10.2 Å². The Balaban J connectivity index is 2.01. The van der Waals surface area contributed by atoms with Gasteiger partial charge in [-0.1, -0.05) is 32.9 Å². The van der Waals surface area contributed by atoms with Crippen molar-refractivity contribution in [1.82, 2.24) is 0 Å². The number of carboxylic acid groups (broad SMARTS) is 1. The molecular weight excluding hydrogens is 333 g/mol. The standard InChI is InChI=1S/C17H18FNO4S/c1-17(2,3)10-4-6-11(7-5-10)23-14(18)15(20)19-13-9-24-8-12(13)16(21)22/h4-9,14H,1-3H3,(H,19,20)(H,21,22). The van der Waals surface area contributed by atoms with Gasteiger partial charge in [0.2, 0.25) is 0 Å². The van der Waals surface area contributed by atoms with Crippen molar-refractivity contribution in [2.45, 2.75) is 32.5 Å². The molecule has 1 heterocycles. The summed E-state index contributed by atoms with van der Waals surface area (Å²) in [6.07, 6.45) is -2.24. The van der Waals surface area contributed by atoms with Gasteiger partial charge in [0.15, 0.2) is 0 Å². The van der Waals surface area contributed by atoms with Gasteiger partial charge in [-0.25, -0.2) is 4.79 Å². The van der Waals surface area contributed by atoms with E-state index in [-0.39, 0.29) is 22.4 Å². The van der Waals surface area contributed by atoms with E-state index < -0.39 is 18.2 Å². The molecule has 1 aromatic heterocycles. The molecule has 128 valence electrons. The zero-order valence-electron chi connectivity index (χ0n) is 13.5. The first-order valence-corrected chi connectivity index (χ1v) is 8.14. The number of nitrogens with one attached hydrogen (secondary N) is 1. The fourth-order valence-electron chi connectivity index (χ4n) is 1.96. The number of ether oxygens (including phenoxy) is 1. The molecule has 1 aromatic carbocycles. The van der Waals surface area contributed by atoms with E-state index in [1.807, 2.05) is 0 Å². The summed E-state index contributed by atoms with van der Waals surface area (Å²) in [5, 5.41) is 14.0. The van der Waals surface area contributed by atoms with Crippen molar-refractivity contribution in [3.8, 4) is 5.75 Å². The van der Waals surface area contributed by atoms with E-state index in [1.165, 1.54) is 10.8 Å². The first kappa shape index (κ1) is 17.9. The molecule has 0 saturated heterocycles. The number of anilines is 1. The van der Waals surface area contributed by atoms with Crippen molar-refractivity contribution in [2.24, 2.45) is 0 Å². The summed E-state index contributed by atoms with van der Waals surface area (Å²) >= 11 is 1.10. The molecule has 2 aromatic rings. The van der Waals surface area contributed by atoms with Crippen LogP contribution in [0.3, 0.4) is 0 Å². The molecule has 0 saturated carbocycles. The monoisotopic (exact) mass is 351 g/mol. The summed E-state index contributed by atoms with van der Waals surface area (Å²) in [5.74, 6) is -2.04. The highest BCUT2D eigenvalue weighted by molar-refractivity contribution is 7.08. The van der Waals surface area contributed by atoms with Gasteiger partial charge in [0.25, 0.3) is 5.91 Å². The third-order valence-electron chi connectivity index (χ3n) is 3.32. The SMILES string of the molecule is CC(C)(C)c1ccc(OC(F)C(=O)Nc2cscc2C(=O)O)cc1. The fourth-order valence-corrected chi connectivity index (χ4v) is 2.71. The van der Waals surface area contributed by atoms with Gasteiger partial charge in [-0.05, 0) is 23.1 Å². The minimum atomic E-state index is -2.24. The lowest BCUT2D eigenvalue weighted by atomic mass is 9.87. The van der Waals surface area contributed by atoms with Gasteiger partial charge in [-0.3, -0.25) is 4.79 Å². The predicted octanol–water partition coefficient (Wildman–Crippen LogP) is 4.06. The Bertz CT molecular complexity index is 734. The molecule has 1 atom stereocenters. The number of carbonyl (C=O) groups is 2. The number of aromatic carboxylic acids is 1. The first-order chi connectivity index (χ1) is 11.2. The van der Waals surface area contributed by atoms with E-state index in [2.05, 4.69) is 26.1 Å². The number of rotatable bonds is 5. The third-order valence-corrected chi connectivity index (χ3v) is 4.06. The van der Waals surface area contributed by atoms with E-state index in [0.717, 1.165) is 16.9 Å². The molecule has 1 unspecified atom stereocenters. The molecule has 0 spiro atoms. The van der Waals surface area contributed by atoms with Crippen LogP contribution in [0.5, 0.6) is 5.75 Å². The Morgan fingerprint density at radius 3 is 2.38 bits per heavy atom. The summed E-state index contributed by atoms with van der Waals surface area (Å²) in [7, 11) is 0. The highest BCUT2D eigenvalue weighted by atomic mass is 32.1. The molecule has 0 aliphatic heterocycles. The van der Waals surface area contributed by atoms with Crippen LogP contribution >= 0.6 is 11.3 Å². The van der Waals surface area contributed by atoms with Crippen LogP contribution in [0.4, 0.5) is 10.1 Å². The smallest absolute Gasteiger partial charge is 0.338 e. The molecule has 5 nitrogen and oxygen atoms in total. The lowest BCUT2D eigenvalue weighted by Gasteiger charge is -2.19. The second-order valence-electron chi connectivity index (χ2n) is 6.20. The number of benzene rings is 1. The lowest BCUT2D eigenvalue weighted by molar-refractivity contribution is -0.129. The first-order valence-electron chi connectivity index (χ1n) is 7.20. The zero-order valence-corrected chi connectivity index (χ0v) is 14.3. The number of hydrogen-bond donors (Lipinski definition) is 2. The minimum Gasteiger partial charge on any atom is -0.478 e. The average molecular weight is 351 g/mol. The lowest BCUT2D eigenvalue weighted by Crippen LogP contribution is -2.29. The van der Waals surface area contributed by atoms with Crippen LogP contribution in [-0.4, -0.2) is 23.3 Å². The highest BCUT2D eigenvalue weighted by Crippen LogP contribution is 2.25. The van der Waals surface area contributed by atoms with E-state index in [0.29, 0.717) is 0 Å². The van der Waals surface area contributed by atoms with Gasteiger partial charge in [0, 0.05) is 10.8 Å². The van der Waals surface area contributed by atoms with Gasteiger partial charge in [0.1, 0.15) is 5.75 Å². The van der Waals surface area contributed by atoms with Crippen LogP contribution in [0.2, 0.25) is 0 Å².